The van der Waals surface area contributed by atoms with Crippen LogP contribution in [0.1, 0.15) is 24.0 Å². The van der Waals surface area contributed by atoms with Crippen LogP contribution < -0.4 is 10.2 Å². The first-order valence-corrected chi connectivity index (χ1v) is 9.05. The lowest BCUT2D eigenvalue weighted by Gasteiger charge is -2.30. The highest BCUT2D eigenvalue weighted by molar-refractivity contribution is 5.70. The van der Waals surface area contributed by atoms with E-state index in [1.54, 1.807) is 4.90 Å². The van der Waals surface area contributed by atoms with Crippen LogP contribution in [-0.2, 0) is 17.5 Å². The number of benzene rings is 1. The van der Waals surface area contributed by atoms with Gasteiger partial charge in [0.15, 0.2) is 0 Å². The van der Waals surface area contributed by atoms with E-state index in [0.717, 1.165) is 12.3 Å². The van der Waals surface area contributed by atoms with Crippen LogP contribution in [0.15, 0.2) is 30.5 Å². The molecular weight excluding hydrogens is 407 g/mol. The van der Waals surface area contributed by atoms with Crippen molar-refractivity contribution in [2.45, 2.75) is 25.6 Å². The predicted molar refractivity (Wildman–Crippen MR) is 100 cm³/mol. The number of carboxylic acids is 1. The molecule has 3 rings (SSSR count). The summed E-state index contributed by atoms with van der Waals surface area (Å²) >= 11 is 0. The quantitative estimate of drug-likeness (QED) is 0.534. The van der Waals surface area contributed by atoms with Gasteiger partial charge in [-0.1, -0.05) is 18.2 Å². The number of carboxylic acid groups (broad SMARTS) is 1. The van der Waals surface area contributed by atoms with Crippen molar-refractivity contribution >= 4 is 23.4 Å². The van der Waals surface area contributed by atoms with E-state index in [-0.39, 0.29) is 23.9 Å². The SMILES string of the molecule is O=C(O)C1CCN(c2ncc([N+](=O)[O-])c(NCc3ccccc3C(F)(F)F)n2)CC1. The van der Waals surface area contributed by atoms with E-state index in [0.29, 0.717) is 25.9 Å². The van der Waals surface area contributed by atoms with Crippen molar-refractivity contribution in [1.29, 1.82) is 0 Å². The molecule has 1 aliphatic rings. The van der Waals surface area contributed by atoms with Crippen LogP contribution in [0.25, 0.3) is 0 Å². The predicted octanol–water partition coefficient (Wildman–Crippen LogP) is 3.32. The number of hydrogen-bond acceptors (Lipinski definition) is 7. The van der Waals surface area contributed by atoms with E-state index >= 15 is 0 Å². The fourth-order valence-corrected chi connectivity index (χ4v) is 3.24. The maximum absolute atomic E-state index is 13.2. The molecule has 160 valence electrons. The number of alkyl halides is 3. The van der Waals surface area contributed by atoms with Crippen LogP contribution in [0.5, 0.6) is 0 Å². The van der Waals surface area contributed by atoms with Crippen LogP contribution in [0.2, 0.25) is 0 Å². The van der Waals surface area contributed by atoms with E-state index < -0.39 is 34.2 Å². The zero-order valence-electron chi connectivity index (χ0n) is 15.6. The minimum Gasteiger partial charge on any atom is -0.481 e. The average molecular weight is 425 g/mol. The maximum Gasteiger partial charge on any atom is 0.416 e. The molecule has 0 atom stereocenters. The fraction of sp³-hybridized carbons (Fsp3) is 0.389. The minimum atomic E-state index is -4.56. The van der Waals surface area contributed by atoms with Gasteiger partial charge in [0, 0.05) is 19.6 Å². The smallest absolute Gasteiger partial charge is 0.416 e. The van der Waals surface area contributed by atoms with Crippen LogP contribution in [0.3, 0.4) is 0 Å². The molecule has 0 radical (unpaired) electrons. The highest BCUT2D eigenvalue weighted by atomic mass is 19.4. The molecule has 2 aromatic rings. The third kappa shape index (κ3) is 4.75. The van der Waals surface area contributed by atoms with Gasteiger partial charge in [0.05, 0.1) is 16.4 Å². The van der Waals surface area contributed by atoms with Gasteiger partial charge in [0.1, 0.15) is 6.20 Å². The van der Waals surface area contributed by atoms with E-state index in [1.165, 1.54) is 18.2 Å². The van der Waals surface area contributed by atoms with Crippen LogP contribution in [0.4, 0.5) is 30.6 Å². The van der Waals surface area contributed by atoms with Gasteiger partial charge in [0.2, 0.25) is 11.8 Å². The summed E-state index contributed by atoms with van der Waals surface area (Å²) in [5.74, 6) is -1.42. The fourth-order valence-electron chi connectivity index (χ4n) is 3.24. The number of aromatic nitrogens is 2. The molecule has 1 aromatic heterocycles. The number of piperidine rings is 1. The summed E-state index contributed by atoms with van der Waals surface area (Å²) in [5, 5.41) is 23.0. The van der Waals surface area contributed by atoms with Crippen molar-refractivity contribution in [2.75, 3.05) is 23.3 Å². The second-order valence-corrected chi connectivity index (χ2v) is 6.77. The first-order valence-electron chi connectivity index (χ1n) is 9.05. The zero-order chi connectivity index (χ0) is 21.9. The molecule has 1 fully saturated rings. The number of aliphatic carboxylic acids is 1. The van der Waals surface area contributed by atoms with Crippen LogP contribution in [0, 0.1) is 16.0 Å². The summed E-state index contributed by atoms with van der Waals surface area (Å²) in [6.45, 7) is 0.379. The van der Waals surface area contributed by atoms with Gasteiger partial charge in [-0.05, 0) is 24.5 Å². The maximum atomic E-state index is 13.2. The minimum absolute atomic E-state index is 0.0817. The van der Waals surface area contributed by atoms with Crippen molar-refractivity contribution in [1.82, 2.24) is 9.97 Å². The van der Waals surface area contributed by atoms with E-state index in [4.69, 9.17) is 5.11 Å². The number of anilines is 2. The molecule has 0 spiro atoms. The summed E-state index contributed by atoms with van der Waals surface area (Å²) in [7, 11) is 0. The lowest BCUT2D eigenvalue weighted by atomic mass is 9.97. The molecular formula is C18H18F3N5O4. The van der Waals surface area contributed by atoms with Gasteiger partial charge in [-0.15, -0.1) is 0 Å². The van der Waals surface area contributed by atoms with Crippen molar-refractivity contribution in [3.63, 3.8) is 0 Å². The Kier molecular flexibility index (Phi) is 6.04. The van der Waals surface area contributed by atoms with Gasteiger partial charge in [0.25, 0.3) is 0 Å². The van der Waals surface area contributed by atoms with Crippen LogP contribution >= 0.6 is 0 Å². The van der Waals surface area contributed by atoms with Crippen molar-refractivity contribution in [2.24, 2.45) is 5.92 Å². The Balaban J connectivity index is 1.82. The first kappa shape index (κ1) is 21.3. The normalized spacial score (nSPS) is 15.1. The third-order valence-corrected chi connectivity index (χ3v) is 4.85. The Morgan fingerprint density at radius 1 is 1.30 bits per heavy atom. The lowest BCUT2D eigenvalue weighted by molar-refractivity contribution is -0.384. The van der Waals surface area contributed by atoms with Crippen LogP contribution in [-0.4, -0.2) is 39.1 Å². The number of nitrogens with one attached hydrogen (secondary N) is 1. The molecule has 0 bridgehead atoms. The van der Waals surface area contributed by atoms with Crippen molar-refractivity contribution < 1.29 is 28.0 Å². The molecule has 2 heterocycles. The zero-order valence-corrected chi connectivity index (χ0v) is 15.6. The molecule has 0 amide bonds. The van der Waals surface area contributed by atoms with Crippen molar-refractivity contribution in [3.05, 3.63) is 51.7 Å². The standard InChI is InChI=1S/C18H18F3N5O4/c19-18(20,21)13-4-2-1-3-12(13)9-22-15-14(26(29)30)10-23-17(24-15)25-7-5-11(6-8-25)16(27)28/h1-4,10-11H,5-9H2,(H,27,28)(H,22,23,24). The molecule has 0 saturated carbocycles. The van der Waals surface area contributed by atoms with Crippen molar-refractivity contribution in [3.8, 4) is 0 Å². The molecule has 1 saturated heterocycles. The number of nitro groups is 1. The second-order valence-electron chi connectivity index (χ2n) is 6.77. The Morgan fingerprint density at radius 2 is 1.97 bits per heavy atom. The summed E-state index contributed by atoms with van der Waals surface area (Å²) in [5.41, 5.74) is -1.39. The summed E-state index contributed by atoms with van der Waals surface area (Å²) < 4.78 is 39.5. The van der Waals surface area contributed by atoms with Gasteiger partial charge in [-0.2, -0.15) is 18.2 Å². The second kappa shape index (κ2) is 8.51. The molecule has 0 unspecified atom stereocenters. The first-order chi connectivity index (χ1) is 14.2. The molecule has 9 nitrogen and oxygen atoms in total. The van der Waals surface area contributed by atoms with Gasteiger partial charge in [-0.3, -0.25) is 14.9 Å². The molecule has 1 aliphatic heterocycles. The Hall–Kier alpha value is -3.44. The summed E-state index contributed by atoms with van der Waals surface area (Å²) in [6.07, 6.45) is -2.83. The van der Waals surface area contributed by atoms with Gasteiger partial charge < -0.3 is 15.3 Å². The van der Waals surface area contributed by atoms with Gasteiger partial charge in [-0.25, -0.2) is 4.98 Å². The largest absolute Gasteiger partial charge is 0.481 e. The Bertz CT molecular complexity index is 946. The highest BCUT2D eigenvalue weighted by Crippen LogP contribution is 2.33. The number of halogens is 3. The lowest BCUT2D eigenvalue weighted by Crippen LogP contribution is -2.37. The highest BCUT2D eigenvalue weighted by Gasteiger charge is 2.33. The van der Waals surface area contributed by atoms with E-state index in [1.807, 2.05) is 0 Å². The van der Waals surface area contributed by atoms with Gasteiger partial charge >= 0.3 is 17.8 Å². The molecule has 30 heavy (non-hydrogen) atoms. The number of rotatable bonds is 6. The topological polar surface area (TPSA) is 121 Å². The molecule has 12 heteroatoms. The average Bonchev–Trinajstić information content (AvgIpc) is 2.71. The summed E-state index contributed by atoms with van der Waals surface area (Å²) in [6, 6.07) is 4.92. The molecule has 0 aliphatic carbocycles. The molecule has 1 aromatic carbocycles. The number of hydrogen-bond donors (Lipinski definition) is 2. The third-order valence-electron chi connectivity index (χ3n) is 4.85. The molecule has 2 N–H and O–H groups in total. The Labute approximate surface area is 168 Å². The number of carbonyl (C=O) groups is 1. The van der Waals surface area contributed by atoms with E-state index in [2.05, 4.69) is 15.3 Å². The monoisotopic (exact) mass is 425 g/mol. The Morgan fingerprint density at radius 3 is 2.57 bits per heavy atom. The van der Waals surface area contributed by atoms with E-state index in [9.17, 15) is 28.1 Å². The summed E-state index contributed by atoms with van der Waals surface area (Å²) in [4.78, 5) is 31.4. The number of nitrogens with zero attached hydrogens (tertiary/aromatic N) is 4.